The zero-order valence-corrected chi connectivity index (χ0v) is 21.7. The minimum absolute atomic E-state index is 0.113. The van der Waals surface area contributed by atoms with Crippen LogP contribution < -0.4 is 10.2 Å². The SMILES string of the molecule is CCOC(=O)c1c(NC(=O)/C(C#N)=C\c2cc([N+](=O)[O-])ccc2N2CCCCCC2)sc2c1CCCC2. The van der Waals surface area contributed by atoms with E-state index >= 15 is 0 Å². The van der Waals surface area contributed by atoms with E-state index < -0.39 is 16.8 Å². The molecule has 0 saturated carbocycles. The number of hydrogen-bond acceptors (Lipinski definition) is 8. The van der Waals surface area contributed by atoms with E-state index in [1.54, 1.807) is 13.0 Å². The van der Waals surface area contributed by atoms with E-state index in [1.807, 2.05) is 6.07 Å². The summed E-state index contributed by atoms with van der Waals surface area (Å²) in [5.74, 6) is -1.15. The van der Waals surface area contributed by atoms with Gasteiger partial charge in [0.05, 0.1) is 17.1 Å². The summed E-state index contributed by atoms with van der Waals surface area (Å²) in [6.07, 6.45) is 9.19. The molecule has 9 nitrogen and oxygen atoms in total. The number of nitrogens with zero attached hydrogens (tertiary/aromatic N) is 3. The topological polar surface area (TPSA) is 126 Å². The van der Waals surface area contributed by atoms with Crippen molar-refractivity contribution >= 4 is 45.7 Å². The molecule has 1 N–H and O–H groups in total. The van der Waals surface area contributed by atoms with Crippen molar-refractivity contribution in [2.45, 2.75) is 58.3 Å². The lowest BCUT2D eigenvalue weighted by Gasteiger charge is -2.24. The molecule has 1 saturated heterocycles. The molecule has 1 aromatic heterocycles. The van der Waals surface area contributed by atoms with Gasteiger partial charge >= 0.3 is 5.97 Å². The number of nitro groups is 1. The van der Waals surface area contributed by atoms with E-state index in [-0.39, 0.29) is 17.9 Å². The second-order valence-electron chi connectivity index (χ2n) is 9.16. The number of anilines is 2. The summed E-state index contributed by atoms with van der Waals surface area (Å²) in [6.45, 7) is 3.55. The Morgan fingerprint density at radius 1 is 1.19 bits per heavy atom. The number of nitro benzene ring substituents is 1. The number of ether oxygens (including phenoxy) is 1. The maximum Gasteiger partial charge on any atom is 0.341 e. The van der Waals surface area contributed by atoms with Gasteiger partial charge in [-0.2, -0.15) is 5.26 Å². The molecular weight excluding hydrogens is 492 g/mol. The van der Waals surface area contributed by atoms with Crippen molar-refractivity contribution in [1.29, 1.82) is 5.26 Å². The summed E-state index contributed by atoms with van der Waals surface area (Å²) < 4.78 is 5.25. The van der Waals surface area contributed by atoms with Gasteiger partial charge in [0.1, 0.15) is 16.6 Å². The van der Waals surface area contributed by atoms with Crippen LogP contribution in [-0.2, 0) is 22.4 Å². The van der Waals surface area contributed by atoms with Crippen LogP contribution in [0.4, 0.5) is 16.4 Å². The number of nitriles is 1. The Hall–Kier alpha value is -3.71. The third-order valence-corrected chi connectivity index (χ3v) is 7.92. The second kappa shape index (κ2) is 12.0. The van der Waals surface area contributed by atoms with Crippen molar-refractivity contribution < 1.29 is 19.2 Å². The first-order chi connectivity index (χ1) is 17.9. The van der Waals surface area contributed by atoms with Crippen LogP contribution >= 0.6 is 11.3 Å². The van der Waals surface area contributed by atoms with Gasteiger partial charge in [-0.05, 0) is 63.2 Å². The molecule has 1 fully saturated rings. The molecule has 1 aliphatic heterocycles. The van der Waals surface area contributed by atoms with Gasteiger partial charge in [0.25, 0.3) is 11.6 Å². The molecule has 0 radical (unpaired) electrons. The fraction of sp³-hybridized carbons (Fsp3) is 0.444. The summed E-state index contributed by atoms with van der Waals surface area (Å²) in [5.41, 5.74) is 2.17. The highest BCUT2D eigenvalue weighted by molar-refractivity contribution is 7.17. The van der Waals surface area contributed by atoms with E-state index in [0.717, 1.165) is 80.6 Å². The largest absolute Gasteiger partial charge is 0.462 e. The number of carbonyl (C=O) groups excluding carboxylic acids is 2. The highest BCUT2D eigenvalue weighted by atomic mass is 32.1. The fourth-order valence-corrected chi connectivity index (χ4v) is 6.19. The van der Waals surface area contributed by atoms with Gasteiger partial charge in [-0.3, -0.25) is 14.9 Å². The predicted molar refractivity (Wildman–Crippen MR) is 143 cm³/mol. The highest BCUT2D eigenvalue weighted by Crippen LogP contribution is 2.39. The van der Waals surface area contributed by atoms with Gasteiger partial charge in [-0.25, -0.2) is 4.79 Å². The minimum Gasteiger partial charge on any atom is -0.462 e. The van der Waals surface area contributed by atoms with E-state index in [9.17, 15) is 25.0 Å². The van der Waals surface area contributed by atoms with Gasteiger partial charge in [-0.15, -0.1) is 11.3 Å². The number of nitrogens with one attached hydrogen (secondary N) is 1. The number of aryl methyl sites for hydroxylation is 1. The fourth-order valence-electron chi connectivity index (χ4n) is 4.92. The number of benzene rings is 1. The molecule has 1 aliphatic carbocycles. The number of amides is 1. The molecule has 0 atom stereocenters. The summed E-state index contributed by atoms with van der Waals surface area (Å²) in [5, 5.41) is 24.5. The smallest absolute Gasteiger partial charge is 0.341 e. The molecule has 0 unspecified atom stereocenters. The van der Waals surface area contributed by atoms with Gasteiger partial charge < -0.3 is 15.0 Å². The Balaban J connectivity index is 1.69. The van der Waals surface area contributed by atoms with E-state index in [1.165, 1.54) is 29.5 Å². The zero-order chi connectivity index (χ0) is 26.4. The molecule has 1 aromatic carbocycles. The number of hydrogen-bond donors (Lipinski definition) is 1. The monoisotopic (exact) mass is 522 g/mol. The van der Waals surface area contributed by atoms with E-state index in [4.69, 9.17) is 4.74 Å². The Morgan fingerprint density at radius 2 is 1.92 bits per heavy atom. The number of esters is 1. The third-order valence-electron chi connectivity index (χ3n) is 6.71. The first-order valence-corrected chi connectivity index (χ1v) is 13.5. The van der Waals surface area contributed by atoms with Gasteiger partial charge in [0, 0.05) is 41.4 Å². The summed E-state index contributed by atoms with van der Waals surface area (Å²) in [7, 11) is 0. The van der Waals surface area contributed by atoms with Crippen molar-refractivity contribution in [2.75, 3.05) is 29.9 Å². The Kier molecular flexibility index (Phi) is 8.56. The number of carbonyl (C=O) groups is 2. The maximum atomic E-state index is 13.3. The Labute approximate surface area is 219 Å². The van der Waals surface area contributed by atoms with Crippen LogP contribution in [0.15, 0.2) is 23.8 Å². The Morgan fingerprint density at radius 3 is 2.59 bits per heavy atom. The lowest BCUT2D eigenvalue weighted by molar-refractivity contribution is -0.384. The van der Waals surface area contributed by atoms with Crippen molar-refractivity contribution in [2.24, 2.45) is 0 Å². The molecule has 2 aliphatic rings. The van der Waals surface area contributed by atoms with Crippen LogP contribution in [0.1, 0.15) is 71.8 Å². The zero-order valence-electron chi connectivity index (χ0n) is 20.9. The molecule has 4 rings (SSSR count). The number of thiophene rings is 1. The van der Waals surface area contributed by atoms with Crippen LogP contribution in [-0.4, -0.2) is 36.5 Å². The minimum atomic E-state index is -0.667. The Bertz CT molecular complexity index is 1270. The average molecular weight is 523 g/mol. The van der Waals surface area contributed by atoms with Crippen molar-refractivity contribution in [3.8, 4) is 6.07 Å². The van der Waals surface area contributed by atoms with Crippen LogP contribution in [0.5, 0.6) is 0 Å². The normalized spacial score (nSPS) is 15.8. The standard InChI is InChI=1S/C27H30N4O5S/c1-2-36-27(33)24-21-9-5-6-10-23(21)37-26(24)29-25(32)19(17-28)15-18-16-20(31(34)35)11-12-22(18)30-13-7-3-4-8-14-30/h11-12,15-16H,2-10,13-14H2,1H3,(H,29,32)/b19-15-. The van der Waals surface area contributed by atoms with Crippen molar-refractivity contribution in [3.05, 3.63) is 55.5 Å². The quantitative estimate of drug-likeness (QED) is 0.164. The van der Waals surface area contributed by atoms with Crippen LogP contribution in [0, 0.1) is 21.4 Å². The van der Waals surface area contributed by atoms with Crippen molar-refractivity contribution in [1.82, 2.24) is 0 Å². The lowest BCUT2D eigenvalue weighted by Crippen LogP contribution is -2.24. The van der Waals surface area contributed by atoms with Crippen molar-refractivity contribution in [3.63, 3.8) is 0 Å². The second-order valence-corrected chi connectivity index (χ2v) is 10.3. The third kappa shape index (κ3) is 6.00. The van der Waals surface area contributed by atoms with Crippen LogP contribution in [0.2, 0.25) is 0 Å². The van der Waals surface area contributed by atoms with E-state index in [0.29, 0.717) is 16.1 Å². The van der Waals surface area contributed by atoms with E-state index in [2.05, 4.69) is 10.2 Å². The molecule has 2 aromatic rings. The number of rotatable bonds is 7. The molecule has 37 heavy (non-hydrogen) atoms. The van der Waals surface area contributed by atoms with Crippen LogP contribution in [0.25, 0.3) is 6.08 Å². The van der Waals surface area contributed by atoms with Gasteiger partial charge in [0.15, 0.2) is 0 Å². The first-order valence-electron chi connectivity index (χ1n) is 12.7. The molecule has 2 heterocycles. The molecular formula is C27H30N4O5S. The summed E-state index contributed by atoms with van der Waals surface area (Å²) in [6, 6.07) is 6.49. The lowest BCUT2D eigenvalue weighted by atomic mass is 9.95. The predicted octanol–water partition coefficient (Wildman–Crippen LogP) is 5.64. The van der Waals surface area contributed by atoms with Gasteiger partial charge in [-0.1, -0.05) is 12.8 Å². The average Bonchev–Trinajstić information content (AvgIpc) is 3.04. The number of non-ortho nitro benzene ring substituents is 1. The molecule has 194 valence electrons. The first kappa shape index (κ1) is 26.4. The molecule has 0 spiro atoms. The number of fused-ring (bicyclic) bond motifs is 1. The molecule has 0 bridgehead atoms. The molecule has 1 amide bonds. The van der Waals surface area contributed by atoms with Crippen LogP contribution in [0.3, 0.4) is 0 Å². The molecule has 10 heteroatoms. The summed E-state index contributed by atoms with van der Waals surface area (Å²) in [4.78, 5) is 40.2. The summed E-state index contributed by atoms with van der Waals surface area (Å²) >= 11 is 1.35. The maximum absolute atomic E-state index is 13.3. The highest BCUT2D eigenvalue weighted by Gasteiger charge is 2.28. The van der Waals surface area contributed by atoms with Gasteiger partial charge in [0.2, 0.25) is 0 Å².